The predicted octanol–water partition coefficient (Wildman–Crippen LogP) is 0.694. The molecule has 0 amide bonds. The van der Waals surface area contributed by atoms with Gasteiger partial charge in [-0.15, -0.1) is 6.42 Å². The maximum Gasteiger partial charge on any atom is 0.156 e. The molecule has 10 heavy (non-hydrogen) atoms. The van der Waals surface area contributed by atoms with Crippen molar-refractivity contribution in [3.05, 3.63) is 17.2 Å². The number of hydrogen-bond acceptors (Lipinski definition) is 3. The van der Waals surface area contributed by atoms with Crippen LogP contribution in [0.2, 0.25) is 5.15 Å². The van der Waals surface area contributed by atoms with E-state index in [2.05, 4.69) is 15.9 Å². The van der Waals surface area contributed by atoms with E-state index >= 15 is 0 Å². The molecule has 0 spiro atoms. The fraction of sp³-hybridized carbons (Fsp3) is 0. The minimum absolute atomic E-state index is 0.197. The van der Waals surface area contributed by atoms with E-state index in [0.29, 0.717) is 5.69 Å². The van der Waals surface area contributed by atoms with E-state index in [9.17, 15) is 0 Å². The Balaban J connectivity index is 3.31. The lowest BCUT2D eigenvalue weighted by molar-refractivity contribution is 1.15. The topological polar surface area (TPSA) is 51.8 Å². The van der Waals surface area contributed by atoms with Gasteiger partial charge in [-0.1, -0.05) is 11.6 Å². The summed E-state index contributed by atoms with van der Waals surface area (Å²) in [7, 11) is 0. The molecule has 0 aliphatic carbocycles. The van der Waals surface area contributed by atoms with Crippen molar-refractivity contribution in [1.82, 2.24) is 9.97 Å². The highest BCUT2D eigenvalue weighted by Gasteiger charge is 2.00. The van der Waals surface area contributed by atoms with Gasteiger partial charge in [0.2, 0.25) is 0 Å². The smallest absolute Gasteiger partial charge is 0.156 e. The number of terminal acetylenes is 1. The van der Waals surface area contributed by atoms with Crippen LogP contribution < -0.4 is 5.73 Å². The van der Waals surface area contributed by atoms with E-state index in [0.717, 1.165) is 0 Å². The average molecular weight is 154 g/mol. The Labute approximate surface area is 63.2 Å². The van der Waals surface area contributed by atoms with Crippen LogP contribution in [-0.4, -0.2) is 9.97 Å². The largest absolute Gasteiger partial charge is 0.394 e. The minimum Gasteiger partial charge on any atom is -0.394 e. The third kappa shape index (κ3) is 1.02. The number of nitrogen functional groups attached to an aromatic ring is 1. The van der Waals surface area contributed by atoms with Gasteiger partial charge in [0.15, 0.2) is 5.15 Å². The second-order valence-corrected chi connectivity index (χ2v) is 1.93. The van der Waals surface area contributed by atoms with E-state index in [1.165, 1.54) is 6.33 Å². The standard InChI is InChI=1S/C6H4ClN3/c1-2-4-5(8)6(7)10-3-9-4/h1,3H,8H2. The van der Waals surface area contributed by atoms with Gasteiger partial charge in [-0.25, -0.2) is 9.97 Å². The molecule has 0 saturated carbocycles. The monoisotopic (exact) mass is 153 g/mol. The van der Waals surface area contributed by atoms with Crippen LogP contribution in [0.15, 0.2) is 6.33 Å². The third-order valence-electron chi connectivity index (χ3n) is 0.972. The highest BCUT2D eigenvalue weighted by molar-refractivity contribution is 6.31. The fourth-order valence-electron chi connectivity index (χ4n) is 0.489. The van der Waals surface area contributed by atoms with Crippen molar-refractivity contribution in [2.75, 3.05) is 5.73 Å². The fourth-order valence-corrected chi connectivity index (χ4v) is 0.622. The maximum atomic E-state index is 5.52. The van der Waals surface area contributed by atoms with Crippen molar-refractivity contribution in [3.63, 3.8) is 0 Å². The van der Waals surface area contributed by atoms with Gasteiger partial charge in [-0.2, -0.15) is 0 Å². The molecule has 0 aromatic carbocycles. The molecular formula is C6H4ClN3. The van der Waals surface area contributed by atoms with Crippen LogP contribution in [0.3, 0.4) is 0 Å². The van der Waals surface area contributed by atoms with Gasteiger partial charge in [0.05, 0.1) is 0 Å². The van der Waals surface area contributed by atoms with Crippen molar-refractivity contribution in [2.45, 2.75) is 0 Å². The lowest BCUT2D eigenvalue weighted by Crippen LogP contribution is -1.95. The van der Waals surface area contributed by atoms with Crippen LogP contribution in [0.5, 0.6) is 0 Å². The van der Waals surface area contributed by atoms with E-state index in [-0.39, 0.29) is 10.8 Å². The summed E-state index contributed by atoms with van der Waals surface area (Å²) in [5, 5.41) is 0.197. The second-order valence-electron chi connectivity index (χ2n) is 1.57. The summed E-state index contributed by atoms with van der Waals surface area (Å²) in [6, 6.07) is 0. The second kappa shape index (κ2) is 2.54. The summed E-state index contributed by atoms with van der Waals surface area (Å²) < 4.78 is 0. The molecule has 50 valence electrons. The zero-order chi connectivity index (χ0) is 7.56. The van der Waals surface area contributed by atoms with Crippen molar-refractivity contribution >= 4 is 17.3 Å². The predicted molar refractivity (Wildman–Crippen MR) is 39.4 cm³/mol. The van der Waals surface area contributed by atoms with Crippen LogP contribution in [0, 0.1) is 12.3 Å². The van der Waals surface area contributed by atoms with Crippen molar-refractivity contribution in [1.29, 1.82) is 0 Å². The first-order valence-corrected chi connectivity index (χ1v) is 2.86. The number of anilines is 1. The zero-order valence-electron chi connectivity index (χ0n) is 5.00. The molecule has 0 aliphatic heterocycles. The van der Waals surface area contributed by atoms with Crippen LogP contribution >= 0.6 is 11.6 Å². The molecule has 4 heteroatoms. The first-order chi connectivity index (χ1) is 4.75. The number of halogens is 1. The van der Waals surface area contributed by atoms with E-state index in [1.807, 2.05) is 0 Å². The molecule has 1 aromatic heterocycles. The Morgan fingerprint density at radius 1 is 1.60 bits per heavy atom. The third-order valence-corrected chi connectivity index (χ3v) is 1.27. The molecule has 3 nitrogen and oxygen atoms in total. The van der Waals surface area contributed by atoms with Crippen LogP contribution in [-0.2, 0) is 0 Å². The van der Waals surface area contributed by atoms with Crippen LogP contribution in [0.1, 0.15) is 5.69 Å². The zero-order valence-corrected chi connectivity index (χ0v) is 5.76. The van der Waals surface area contributed by atoms with Gasteiger partial charge in [0, 0.05) is 0 Å². The Kier molecular flexibility index (Phi) is 1.74. The molecule has 0 saturated heterocycles. The molecule has 0 unspecified atom stereocenters. The number of nitrogens with zero attached hydrogens (tertiary/aromatic N) is 2. The number of rotatable bonds is 0. The number of nitrogens with two attached hydrogens (primary N) is 1. The van der Waals surface area contributed by atoms with Gasteiger partial charge >= 0.3 is 0 Å². The summed E-state index contributed by atoms with van der Waals surface area (Å²) in [6.45, 7) is 0. The first-order valence-electron chi connectivity index (χ1n) is 2.48. The van der Waals surface area contributed by atoms with Crippen molar-refractivity contribution < 1.29 is 0 Å². The highest BCUT2D eigenvalue weighted by Crippen LogP contribution is 2.15. The van der Waals surface area contributed by atoms with Gasteiger partial charge in [0.25, 0.3) is 0 Å². The molecule has 0 bridgehead atoms. The molecule has 0 aliphatic rings. The molecule has 2 N–H and O–H groups in total. The Morgan fingerprint density at radius 2 is 2.30 bits per heavy atom. The van der Waals surface area contributed by atoms with Gasteiger partial charge in [-0.3, -0.25) is 0 Å². The summed E-state index contributed by atoms with van der Waals surface area (Å²) in [6.07, 6.45) is 6.31. The summed E-state index contributed by atoms with van der Waals surface area (Å²) >= 11 is 5.52. The Hall–Kier alpha value is -1.27. The average Bonchev–Trinajstić information content (AvgIpc) is 1.95. The van der Waals surface area contributed by atoms with E-state index in [1.54, 1.807) is 0 Å². The highest BCUT2D eigenvalue weighted by atomic mass is 35.5. The Bertz CT molecular complexity index is 290. The summed E-state index contributed by atoms with van der Waals surface area (Å²) in [4.78, 5) is 7.32. The lowest BCUT2D eigenvalue weighted by Gasteiger charge is -1.96. The summed E-state index contributed by atoms with van der Waals surface area (Å²) in [5.41, 5.74) is 5.98. The molecule has 1 heterocycles. The van der Waals surface area contributed by atoms with Crippen LogP contribution in [0.25, 0.3) is 0 Å². The maximum absolute atomic E-state index is 5.52. The van der Waals surface area contributed by atoms with Crippen LogP contribution in [0.4, 0.5) is 5.69 Å². The molecular weight excluding hydrogens is 150 g/mol. The molecule has 1 aromatic rings. The normalized spacial score (nSPS) is 8.80. The van der Waals surface area contributed by atoms with Crippen molar-refractivity contribution in [3.8, 4) is 12.3 Å². The number of hydrogen-bond donors (Lipinski definition) is 1. The van der Waals surface area contributed by atoms with Gasteiger partial charge in [-0.05, 0) is 5.92 Å². The van der Waals surface area contributed by atoms with Gasteiger partial charge in [0.1, 0.15) is 17.7 Å². The quantitative estimate of drug-likeness (QED) is 0.441. The lowest BCUT2D eigenvalue weighted by atomic mass is 10.4. The minimum atomic E-state index is 0.197. The molecule has 1 rings (SSSR count). The molecule has 0 radical (unpaired) electrons. The molecule has 0 atom stereocenters. The summed E-state index contributed by atoms with van der Waals surface area (Å²) in [5.74, 6) is 2.28. The first kappa shape index (κ1) is 6.84. The van der Waals surface area contributed by atoms with Crippen molar-refractivity contribution in [2.24, 2.45) is 0 Å². The van der Waals surface area contributed by atoms with E-state index < -0.39 is 0 Å². The van der Waals surface area contributed by atoms with E-state index in [4.69, 9.17) is 23.8 Å². The van der Waals surface area contributed by atoms with Gasteiger partial charge < -0.3 is 5.73 Å². The number of aromatic nitrogens is 2. The Morgan fingerprint density at radius 3 is 2.80 bits per heavy atom. The molecule has 0 fully saturated rings. The SMILES string of the molecule is C#Cc1ncnc(Cl)c1N.